The smallest absolute Gasteiger partial charge is 0.315 e. The molecule has 0 aliphatic carbocycles. The van der Waals surface area contributed by atoms with E-state index in [1.807, 2.05) is 39.0 Å². The second-order valence-electron chi connectivity index (χ2n) is 6.08. The first kappa shape index (κ1) is 17.3. The first-order valence-corrected chi connectivity index (χ1v) is 8.00. The van der Waals surface area contributed by atoms with Crippen molar-refractivity contribution in [1.82, 2.24) is 10.6 Å². The number of rotatable bonds is 5. The van der Waals surface area contributed by atoms with Gasteiger partial charge in [-0.3, -0.25) is 4.79 Å². The van der Waals surface area contributed by atoms with E-state index in [1.54, 1.807) is 4.90 Å². The Morgan fingerprint density at radius 1 is 1.39 bits per heavy atom. The average Bonchev–Trinajstić information content (AvgIpc) is 2.88. The summed E-state index contributed by atoms with van der Waals surface area (Å²) >= 11 is 0. The molecule has 0 radical (unpaired) electrons. The van der Waals surface area contributed by atoms with E-state index in [-0.39, 0.29) is 37.0 Å². The number of nitrogens with one attached hydrogen (secondary N) is 2. The molecule has 1 aromatic rings. The third-order valence-corrected chi connectivity index (χ3v) is 4.31. The Labute approximate surface area is 136 Å². The lowest BCUT2D eigenvalue weighted by atomic mass is 10.1. The number of anilines is 1. The maximum Gasteiger partial charge on any atom is 0.315 e. The zero-order valence-electron chi connectivity index (χ0n) is 13.9. The van der Waals surface area contributed by atoms with Crippen LogP contribution in [0.5, 0.6) is 0 Å². The average molecular weight is 319 g/mol. The number of carbonyl (C=O) groups excluding carboxylic acids is 2. The number of amides is 3. The Bertz CT molecular complexity index is 584. The zero-order chi connectivity index (χ0) is 17.0. The SMILES string of the molecule is CC[C@H](CO)NC(=O)N[C@H]1CC(=O)N(c2ccc(C)c(C)c2)C1. The number of nitrogens with zero attached hydrogens (tertiary/aromatic N) is 1. The van der Waals surface area contributed by atoms with Crippen LogP contribution >= 0.6 is 0 Å². The number of benzene rings is 1. The molecule has 23 heavy (non-hydrogen) atoms. The number of hydrogen-bond acceptors (Lipinski definition) is 3. The van der Waals surface area contributed by atoms with Crippen molar-refractivity contribution in [3.05, 3.63) is 29.3 Å². The molecule has 1 heterocycles. The molecule has 3 N–H and O–H groups in total. The van der Waals surface area contributed by atoms with Crippen molar-refractivity contribution in [3.8, 4) is 0 Å². The second kappa shape index (κ2) is 7.46. The van der Waals surface area contributed by atoms with Crippen LogP contribution in [0, 0.1) is 13.8 Å². The maximum atomic E-state index is 12.2. The summed E-state index contributed by atoms with van der Waals surface area (Å²) in [6.07, 6.45) is 0.943. The van der Waals surface area contributed by atoms with Crippen molar-refractivity contribution in [3.63, 3.8) is 0 Å². The van der Waals surface area contributed by atoms with Crippen molar-refractivity contribution in [2.75, 3.05) is 18.1 Å². The molecule has 2 atom stereocenters. The van der Waals surface area contributed by atoms with Crippen molar-refractivity contribution < 1.29 is 14.7 Å². The summed E-state index contributed by atoms with van der Waals surface area (Å²) in [4.78, 5) is 25.8. The van der Waals surface area contributed by atoms with Gasteiger partial charge in [-0.1, -0.05) is 13.0 Å². The van der Waals surface area contributed by atoms with Gasteiger partial charge in [-0.25, -0.2) is 4.79 Å². The highest BCUT2D eigenvalue weighted by molar-refractivity contribution is 5.96. The molecule has 2 rings (SSSR count). The van der Waals surface area contributed by atoms with Crippen molar-refractivity contribution in [1.29, 1.82) is 0 Å². The molecule has 1 aromatic carbocycles. The number of hydrogen-bond donors (Lipinski definition) is 3. The van der Waals surface area contributed by atoms with Gasteiger partial charge < -0.3 is 20.6 Å². The number of carbonyl (C=O) groups is 2. The Kier molecular flexibility index (Phi) is 5.60. The fourth-order valence-electron chi connectivity index (χ4n) is 2.64. The van der Waals surface area contributed by atoms with Gasteiger partial charge in [-0.15, -0.1) is 0 Å². The van der Waals surface area contributed by atoms with E-state index in [0.29, 0.717) is 13.0 Å². The molecule has 0 aromatic heterocycles. The molecule has 0 bridgehead atoms. The molecule has 1 fully saturated rings. The molecule has 1 saturated heterocycles. The van der Waals surface area contributed by atoms with Crippen LogP contribution in [0.15, 0.2) is 18.2 Å². The number of aliphatic hydroxyl groups excluding tert-OH is 1. The van der Waals surface area contributed by atoms with Crippen molar-refractivity contribution in [2.45, 2.75) is 45.7 Å². The Hall–Kier alpha value is -2.08. The summed E-state index contributed by atoms with van der Waals surface area (Å²) in [5, 5.41) is 14.6. The maximum absolute atomic E-state index is 12.2. The van der Waals surface area contributed by atoms with Crippen LogP contribution in [0.3, 0.4) is 0 Å². The van der Waals surface area contributed by atoms with Crippen LogP contribution < -0.4 is 15.5 Å². The third-order valence-electron chi connectivity index (χ3n) is 4.31. The van der Waals surface area contributed by atoms with Crippen LogP contribution in [-0.2, 0) is 4.79 Å². The molecule has 6 heteroatoms. The Balaban J connectivity index is 1.97. The van der Waals surface area contributed by atoms with Crippen LogP contribution in [0.4, 0.5) is 10.5 Å². The van der Waals surface area contributed by atoms with E-state index in [4.69, 9.17) is 5.11 Å². The first-order valence-electron chi connectivity index (χ1n) is 8.00. The minimum Gasteiger partial charge on any atom is -0.394 e. The summed E-state index contributed by atoms with van der Waals surface area (Å²) in [5.74, 6) is 0.00718. The molecule has 0 saturated carbocycles. The largest absolute Gasteiger partial charge is 0.394 e. The lowest BCUT2D eigenvalue weighted by Gasteiger charge is -2.19. The molecule has 0 spiro atoms. The van der Waals surface area contributed by atoms with Gasteiger partial charge in [0.2, 0.25) is 5.91 Å². The van der Waals surface area contributed by atoms with E-state index >= 15 is 0 Å². The number of urea groups is 1. The Morgan fingerprint density at radius 2 is 2.13 bits per heavy atom. The summed E-state index contributed by atoms with van der Waals surface area (Å²) in [6, 6.07) is 5.10. The Morgan fingerprint density at radius 3 is 2.74 bits per heavy atom. The summed E-state index contributed by atoms with van der Waals surface area (Å²) in [6.45, 7) is 6.31. The lowest BCUT2D eigenvalue weighted by Crippen LogP contribution is -2.48. The molecule has 6 nitrogen and oxygen atoms in total. The predicted molar refractivity (Wildman–Crippen MR) is 89.5 cm³/mol. The van der Waals surface area contributed by atoms with Crippen LogP contribution in [0.25, 0.3) is 0 Å². The standard InChI is InChI=1S/C17H25N3O3/c1-4-13(10-21)18-17(23)19-14-8-16(22)20(9-14)15-6-5-11(2)12(3)7-15/h5-7,13-14,21H,4,8-10H2,1-3H3,(H2,18,19,23)/t13-,14+/m1/s1. The van der Waals surface area contributed by atoms with Crippen molar-refractivity contribution >= 4 is 17.6 Å². The predicted octanol–water partition coefficient (Wildman–Crippen LogP) is 1.48. The normalized spacial score (nSPS) is 18.9. The molecular weight excluding hydrogens is 294 g/mol. The van der Waals surface area contributed by atoms with Crippen LogP contribution in [-0.4, -0.2) is 42.3 Å². The molecule has 126 valence electrons. The van der Waals surface area contributed by atoms with Crippen molar-refractivity contribution in [2.24, 2.45) is 0 Å². The monoisotopic (exact) mass is 319 g/mol. The highest BCUT2D eigenvalue weighted by Gasteiger charge is 2.31. The molecule has 1 aliphatic rings. The topological polar surface area (TPSA) is 81.7 Å². The highest BCUT2D eigenvalue weighted by Crippen LogP contribution is 2.24. The van der Waals surface area contributed by atoms with Gasteiger partial charge in [0.15, 0.2) is 0 Å². The number of aliphatic hydroxyl groups is 1. The molecular formula is C17H25N3O3. The van der Waals surface area contributed by atoms with Gasteiger partial charge in [-0.05, 0) is 43.5 Å². The zero-order valence-corrected chi connectivity index (χ0v) is 13.9. The quantitative estimate of drug-likeness (QED) is 0.769. The van der Waals surface area contributed by atoms with Gasteiger partial charge in [0, 0.05) is 18.7 Å². The van der Waals surface area contributed by atoms with Gasteiger partial charge in [0.1, 0.15) is 0 Å². The van der Waals surface area contributed by atoms with E-state index in [9.17, 15) is 9.59 Å². The lowest BCUT2D eigenvalue weighted by molar-refractivity contribution is -0.117. The van der Waals surface area contributed by atoms with Crippen LogP contribution in [0.1, 0.15) is 30.9 Å². The third kappa shape index (κ3) is 4.22. The minimum absolute atomic E-state index is 0.00718. The number of aryl methyl sites for hydroxylation is 2. The van der Waals surface area contributed by atoms with Gasteiger partial charge in [0.05, 0.1) is 18.7 Å². The summed E-state index contributed by atoms with van der Waals surface area (Å²) in [5.41, 5.74) is 3.19. The second-order valence-corrected chi connectivity index (χ2v) is 6.08. The fraction of sp³-hybridized carbons (Fsp3) is 0.529. The summed E-state index contributed by atoms with van der Waals surface area (Å²) in [7, 11) is 0. The van der Waals surface area contributed by atoms with E-state index in [0.717, 1.165) is 11.3 Å². The summed E-state index contributed by atoms with van der Waals surface area (Å²) < 4.78 is 0. The van der Waals surface area contributed by atoms with Crippen LogP contribution in [0.2, 0.25) is 0 Å². The van der Waals surface area contributed by atoms with Gasteiger partial charge >= 0.3 is 6.03 Å². The molecule has 3 amide bonds. The highest BCUT2D eigenvalue weighted by atomic mass is 16.3. The van der Waals surface area contributed by atoms with E-state index < -0.39 is 0 Å². The molecule has 1 aliphatic heterocycles. The van der Waals surface area contributed by atoms with Gasteiger partial charge in [-0.2, -0.15) is 0 Å². The fourth-order valence-corrected chi connectivity index (χ4v) is 2.64. The van der Waals surface area contributed by atoms with Gasteiger partial charge in [0.25, 0.3) is 0 Å². The minimum atomic E-state index is -0.342. The van der Waals surface area contributed by atoms with E-state index in [2.05, 4.69) is 10.6 Å². The first-order chi connectivity index (χ1) is 10.9. The molecule has 0 unspecified atom stereocenters. The van der Waals surface area contributed by atoms with E-state index in [1.165, 1.54) is 5.56 Å².